The Bertz CT molecular complexity index is 502. The third-order valence-electron chi connectivity index (χ3n) is 2.44. The molecular weight excluding hydrogens is 290 g/mol. The molecule has 0 bridgehead atoms. The summed E-state index contributed by atoms with van der Waals surface area (Å²) in [7, 11) is 0. The molecule has 0 aromatic heterocycles. The third kappa shape index (κ3) is 6.08. The lowest BCUT2D eigenvalue weighted by molar-refractivity contribution is -0.113. The first-order valence-corrected chi connectivity index (χ1v) is 8.01. The van der Waals surface area contributed by atoms with Crippen LogP contribution in [0.4, 0.5) is 5.69 Å². The minimum Gasteiger partial charge on any atom is -0.489 e. The SMILES string of the molecule is CCCSCC(=O)Nc1cc(C(=O)O)ccc1OC(C)C. The highest BCUT2D eigenvalue weighted by atomic mass is 32.2. The van der Waals surface area contributed by atoms with E-state index in [0.29, 0.717) is 17.2 Å². The van der Waals surface area contributed by atoms with Crippen LogP contribution in [0.25, 0.3) is 0 Å². The fourth-order valence-electron chi connectivity index (χ4n) is 1.61. The summed E-state index contributed by atoms with van der Waals surface area (Å²) >= 11 is 1.54. The summed E-state index contributed by atoms with van der Waals surface area (Å²) in [5.41, 5.74) is 0.508. The van der Waals surface area contributed by atoms with Crippen LogP contribution in [0.3, 0.4) is 0 Å². The molecule has 0 fully saturated rings. The van der Waals surface area contributed by atoms with Crippen molar-refractivity contribution in [1.82, 2.24) is 0 Å². The molecule has 0 saturated carbocycles. The number of aromatic carboxylic acids is 1. The van der Waals surface area contributed by atoms with Crippen LogP contribution in [0, 0.1) is 0 Å². The predicted molar refractivity (Wildman–Crippen MR) is 85.4 cm³/mol. The van der Waals surface area contributed by atoms with Crippen molar-refractivity contribution in [3.8, 4) is 5.75 Å². The van der Waals surface area contributed by atoms with E-state index in [1.54, 1.807) is 17.8 Å². The minimum absolute atomic E-state index is 0.0641. The van der Waals surface area contributed by atoms with Crippen molar-refractivity contribution in [2.24, 2.45) is 0 Å². The number of carbonyl (C=O) groups excluding carboxylic acids is 1. The second-order valence-electron chi connectivity index (χ2n) is 4.78. The average Bonchev–Trinajstić information content (AvgIpc) is 2.40. The summed E-state index contributed by atoms with van der Waals surface area (Å²) in [6.45, 7) is 5.79. The molecule has 0 aliphatic carbocycles. The maximum absolute atomic E-state index is 11.9. The van der Waals surface area contributed by atoms with Gasteiger partial charge in [-0.3, -0.25) is 4.79 Å². The molecule has 0 radical (unpaired) electrons. The Morgan fingerprint density at radius 3 is 2.67 bits per heavy atom. The van der Waals surface area contributed by atoms with Crippen LogP contribution in [0.2, 0.25) is 0 Å². The number of amides is 1. The van der Waals surface area contributed by atoms with Gasteiger partial charge < -0.3 is 15.2 Å². The number of anilines is 1. The van der Waals surface area contributed by atoms with Gasteiger partial charge in [-0.15, -0.1) is 0 Å². The van der Waals surface area contributed by atoms with Gasteiger partial charge in [0.25, 0.3) is 0 Å². The molecule has 0 atom stereocenters. The number of nitrogens with one attached hydrogen (secondary N) is 1. The van der Waals surface area contributed by atoms with Crippen LogP contribution >= 0.6 is 11.8 Å². The number of ether oxygens (including phenoxy) is 1. The molecule has 5 nitrogen and oxygen atoms in total. The monoisotopic (exact) mass is 311 g/mol. The van der Waals surface area contributed by atoms with Crippen molar-refractivity contribution in [3.05, 3.63) is 23.8 Å². The summed E-state index contributed by atoms with van der Waals surface area (Å²) in [6, 6.07) is 4.45. The maximum atomic E-state index is 11.9. The maximum Gasteiger partial charge on any atom is 0.335 e. The number of benzene rings is 1. The van der Waals surface area contributed by atoms with E-state index in [2.05, 4.69) is 12.2 Å². The number of carbonyl (C=O) groups is 2. The van der Waals surface area contributed by atoms with E-state index in [4.69, 9.17) is 9.84 Å². The first-order valence-electron chi connectivity index (χ1n) is 6.85. The smallest absolute Gasteiger partial charge is 0.335 e. The Kier molecular flexibility index (Phi) is 7.08. The van der Waals surface area contributed by atoms with Crippen molar-refractivity contribution in [1.29, 1.82) is 0 Å². The molecule has 21 heavy (non-hydrogen) atoms. The Morgan fingerprint density at radius 2 is 2.10 bits per heavy atom. The summed E-state index contributed by atoms with van der Waals surface area (Å²) in [6.07, 6.45) is 0.944. The summed E-state index contributed by atoms with van der Waals surface area (Å²) in [4.78, 5) is 22.9. The Labute approximate surface area is 129 Å². The van der Waals surface area contributed by atoms with Gasteiger partial charge in [0.1, 0.15) is 5.75 Å². The summed E-state index contributed by atoms with van der Waals surface area (Å²) < 4.78 is 5.59. The van der Waals surface area contributed by atoms with E-state index < -0.39 is 5.97 Å². The predicted octanol–water partition coefficient (Wildman–Crippen LogP) is 3.25. The molecule has 1 amide bonds. The van der Waals surface area contributed by atoms with E-state index >= 15 is 0 Å². The highest BCUT2D eigenvalue weighted by molar-refractivity contribution is 7.99. The number of carboxylic acids is 1. The van der Waals surface area contributed by atoms with E-state index in [1.165, 1.54) is 12.1 Å². The molecule has 0 unspecified atom stereocenters. The third-order valence-corrected chi connectivity index (χ3v) is 3.61. The van der Waals surface area contributed by atoms with Crippen LogP contribution in [-0.2, 0) is 4.79 Å². The fraction of sp³-hybridized carbons (Fsp3) is 0.467. The lowest BCUT2D eigenvalue weighted by Crippen LogP contribution is -2.17. The highest BCUT2D eigenvalue weighted by Gasteiger charge is 2.13. The van der Waals surface area contributed by atoms with Crippen LogP contribution in [0.15, 0.2) is 18.2 Å². The van der Waals surface area contributed by atoms with E-state index in [9.17, 15) is 9.59 Å². The highest BCUT2D eigenvalue weighted by Crippen LogP contribution is 2.27. The zero-order chi connectivity index (χ0) is 15.8. The number of thioether (sulfide) groups is 1. The van der Waals surface area contributed by atoms with Gasteiger partial charge in [-0.05, 0) is 44.2 Å². The second-order valence-corrected chi connectivity index (χ2v) is 5.89. The Hall–Kier alpha value is -1.69. The topological polar surface area (TPSA) is 75.6 Å². The zero-order valence-electron chi connectivity index (χ0n) is 12.5. The molecular formula is C15H21NO4S. The quantitative estimate of drug-likeness (QED) is 0.721. The van der Waals surface area contributed by atoms with Gasteiger partial charge in [0.2, 0.25) is 5.91 Å². The van der Waals surface area contributed by atoms with Crippen LogP contribution in [-0.4, -0.2) is 34.6 Å². The molecule has 1 rings (SSSR count). The van der Waals surface area contributed by atoms with Crippen molar-refractivity contribution in [3.63, 3.8) is 0 Å². The van der Waals surface area contributed by atoms with Crippen LogP contribution in [0.5, 0.6) is 5.75 Å². The first kappa shape index (κ1) is 17.4. The normalized spacial score (nSPS) is 10.5. The molecule has 0 spiro atoms. The molecule has 6 heteroatoms. The van der Waals surface area contributed by atoms with E-state index in [0.717, 1.165) is 12.2 Å². The van der Waals surface area contributed by atoms with E-state index in [-0.39, 0.29) is 17.6 Å². The average molecular weight is 311 g/mol. The molecule has 0 heterocycles. The second kappa shape index (κ2) is 8.56. The summed E-state index contributed by atoms with van der Waals surface area (Å²) in [5.74, 6) is 0.528. The lowest BCUT2D eigenvalue weighted by atomic mass is 10.2. The molecule has 2 N–H and O–H groups in total. The van der Waals surface area contributed by atoms with Gasteiger partial charge >= 0.3 is 5.97 Å². The van der Waals surface area contributed by atoms with Crippen LogP contribution < -0.4 is 10.1 Å². The van der Waals surface area contributed by atoms with Crippen molar-refractivity contribution >= 4 is 29.3 Å². The zero-order valence-corrected chi connectivity index (χ0v) is 13.3. The largest absolute Gasteiger partial charge is 0.489 e. The van der Waals surface area contributed by atoms with Gasteiger partial charge in [0.15, 0.2) is 0 Å². The van der Waals surface area contributed by atoms with Gasteiger partial charge in [-0.2, -0.15) is 11.8 Å². The number of carboxylic acid groups (broad SMARTS) is 1. The first-order chi connectivity index (χ1) is 9.93. The molecule has 1 aromatic rings. The molecule has 0 saturated heterocycles. The minimum atomic E-state index is -1.04. The van der Waals surface area contributed by atoms with Crippen molar-refractivity contribution in [2.45, 2.75) is 33.3 Å². The number of hydrogen-bond donors (Lipinski definition) is 2. The molecule has 0 aliphatic rings. The van der Waals surface area contributed by atoms with Gasteiger partial charge in [0.05, 0.1) is 23.1 Å². The lowest BCUT2D eigenvalue weighted by Gasteiger charge is -2.15. The van der Waals surface area contributed by atoms with Crippen molar-refractivity contribution in [2.75, 3.05) is 16.8 Å². The fourth-order valence-corrected chi connectivity index (χ4v) is 2.30. The number of hydrogen-bond acceptors (Lipinski definition) is 4. The van der Waals surface area contributed by atoms with Crippen LogP contribution in [0.1, 0.15) is 37.6 Å². The van der Waals surface area contributed by atoms with Crippen molar-refractivity contribution < 1.29 is 19.4 Å². The molecule has 0 aliphatic heterocycles. The Balaban J connectivity index is 2.86. The van der Waals surface area contributed by atoms with Gasteiger partial charge in [-0.25, -0.2) is 4.79 Å². The number of rotatable bonds is 8. The Morgan fingerprint density at radius 1 is 1.38 bits per heavy atom. The molecule has 1 aromatic carbocycles. The molecule has 116 valence electrons. The summed E-state index contributed by atoms with van der Waals surface area (Å²) in [5, 5.41) is 11.8. The van der Waals surface area contributed by atoms with Gasteiger partial charge in [0, 0.05) is 0 Å². The van der Waals surface area contributed by atoms with Gasteiger partial charge in [-0.1, -0.05) is 6.92 Å². The van der Waals surface area contributed by atoms with E-state index in [1.807, 2.05) is 13.8 Å². The standard InChI is InChI=1S/C15H21NO4S/c1-4-7-21-9-14(17)16-12-8-11(15(18)19)5-6-13(12)20-10(2)3/h5-6,8,10H,4,7,9H2,1-3H3,(H,16,17)(H,18,19).